The van der Waals surface area contributed by atoms with Gasteiger partial charge in [0.15, 0.2) is 0 Å². The van der Waals surface area contributed by atoms with Gasteiger partial charge in [-0.05, 0) is 0 Å². The quantitative estimate of drug-likeness (QED) is 0.104. The summed E-state index contributed by atoms with van der Waals surface area (Å²) in [5.41, 5.74) is 0. The van der Waals surface area contributed by atoms with E-state index in [0.717, 1.165) is 0 Å². The van der Waals surface area contributed by atoms with Crippen molar-refractivity contribution in [2.24, 2.45) is 0 Å². The maximum absolute atomic E-state index is 2.36. The van der Waals surface area contributed by atoms with Crippen molar-refractivity contribution in [1.82, 2.24) is 0 Å². The van der Waals surface area contributed by atoms with Gasteiger partial charge in [-0.1, -0.05) is 0 Å². The third-order valence-electron chi connectivity index (χ3n) is 6.25. The Labute approximate surface area is 185 Å². The van der Waals surface area contributed by atoms with Gasteiger partial charge in [0.25, 0.3) is 0 Å². The molecule has 0 radical (unpaired) electrons. The van der Waals surface area contributed by atoms with Crippen LogP contribution in [0.25, 0.3) is 0 Å². The summed E-state index contributed by atoms with van der Waals surface area (Å²) in [5, 5.41) is 0. The van der Waals surface area contributed by atoms with Crippen molar-refractivity contribution >= 4 is 7.26 Å². The molecule has 0 amide bonds. The van der Waals surface area contributed by atoms with Crippen LogP contribution in [-0.2, 0) is 0 Å². The summed E-state index contributed by atoms with van der Waals surface area (Å²) in [6.45, 7) is 8.61. The summed E-state index contributed by atoms with van der Waals surface area (Å²) >= 11 is 0. The Morgan fingerprint density at radius 1 is 0.379 bits per heavy atom. The predicted octanol–water partition coefficient (Wildman–Crippen LogP) is 9.72. The van der Waals surface area contributed by atoms with Gasteiger partial charge in [-0.2, -0.15) is 0 Å². The molecule has 0 N–H and O–H groups in total. The van der Waals surface area contributed by atoms with Crippen molar-refractivity contribution < 1.29 is 0 Å². The van der Waals surface area contributed by atoms with E-state index in [0.29, 0.717) is 0 Å². The van der Waals surface area contributed by atoms with Crippen LogP contribution in [0, 0.1) is 0 Å². The van der Waals surface area contributed by atoms with E-state index in [9.17, 15) is 0 Å². The molecule has 0 rings (SSSR count). The molecule has 0 saturated carbocycles. The van der Waals surface area contributed by atoms with Gasteiger partial charge in [0.1, 0.15) is 0 Å². The summed E-state index contributed by atoms with van der Waals surface area (Å²) < 4.78 is 0. The Kier molecular flexibility index (Phi) is 21.6. The molecule has 0 spiro atoms. The molecule has 1 heteroatoms. The molecule has 0 aliphatic rings. The number of rotatable bonds is 20. The van der Waals surface area contributed by atoms with E-state index in [1.165, 1.54) is 77.0 Å². The van der Waals surface area contributed by atoms with Gasteiger partial charge in [0.05, 0.1) is 0 Å². The first kappa shape index (κ1) is 28.4. The zero-order valence-corrected chi connectivity index (χ0v) is 21.4. The van der Waals surface area contributed by atoms with Gasteiger partial charge in [0, 0.05) is 0 Å². The fraction of sp³-hybridized carbons (Fsp3) is 0.714. The molecular weight excluding hydrogens is 367 g/mol. The Hall–Kier alpha value is -0.610. The Balaban J connectivity index is 4.85. The van der Waals surface area contributed by atoms with Crippen LogP contribution in [-0.4, -0.2) is 24.6 Å². The molecule has 0 bridgehead atoms. The first-order valence-corrected chi connectivity index (χ1v) is 15.5. The molecule has 0 unspecified atom stereocenters. The molecule has 0 saturated heterocycles. The minimum absolute atomic E-state index is 1.13. The predicted molar refractivity (Wildman–Crippen MR) is 142 cm³/mol. The van der Waals surface area contributed by atoms with Crippen molar-refractivity contribution in [3.8, 4) is 0 Å². The van der Waals surface area contributed by atoms with Gasteiger partial charge in [-0.15, -0.1) is 0 Å². The van der Waals surface area contributed by atoms with Crippen LogP contribution in [0.1, 0.15) is 105 Å². The second-order valence-corrected chi connectivity index (χ2v) is 13.8. The second-order valence-electron chi connectivity index (χ2n) is 8.76. The SMILES string of the molecule is C/C=C/CCCC[PH](CCCC/C=C/C)(CCCC/C=C/C)CCCC/C=C/C. The van der Waals surface area contributed by atoms with E-state index in [-0.39, 0.29) is 0 Å². The third-order valence-corrected chi connectivity index (χ3v) is 11.9. The molecule has 0 nitrogen and oxygen atoms in total. The monoisotopic (exact) mass is 420 g/mol. The van der Waals surface area contributed by atoms with Crippen LogP contribution in [0.4, 0.5) is 0 Å². The van der Waals surface area contributed by atoms with E-state index < -0.39 is 7.26 Å². The first-order valence-electron chi connectivity index (χ1n) is 12.7. The fourth-order valence-corrected chi connectivity index (χ4v) is 9.97. The first-order chi connectivity index (χ1) is 14.2. The molecule has 0 aromatic heterocycles. The fourth-order valence-electron chi connectivity index (χ4n) is 4.47. The van der Waals surface area contributed by atoms with Gasteiger partial charge in [-0.3, -0.25) is 0 Å². The number of hydrogen-bond acceptors (Lipinski definition) is 0. The van der Waals surface area contributed by atoms with Crippen LogP contribution in [0.15, 0.2) is 48.6 Å². The molecule has 29 heavy (non-hydrogen) atoms. The van der Waals surface area contributed by atoms with Crippen molar-refractivity contribution in [3.63, 3.8) is 0 Å². The zero-order chi connectivity index (χ0) is 21.5. The molecule has 0 aliphatic carbocycles. The van der Waals surface area contributed by atoms with E-state index in [1.54, 1.807) is 24.6 Å². The minimum atomic E-state index is -1.13. The van der Waals surface area contributed by atoms with Crippen LogP contribution in [0.3, 0.4) is 0 Å². The van der Waals surface area contributed by atoms with Crippen molar-refractivity contribution in [2.45, 2.75) is 105 Å². The summed E-state index contributed by atoms with van der Waals surface area (Å²) in [6.07, 6.45) is 41.2. The van der Waals surface area contributed by atoms with Crippen molar-refractivity contribution in [3.05, 3.63) is 48.6 Å². The topological polar surface area (TPSA) is 0 Å². The van der Waals surface area contributed by atoms with Crippen molar-refractivity contribution in [2.75, 3.05) is 24.6 Å². The van der Waals surface area contributed by atoms with Crippen LogP contribution in [0.5, 0.6) is 0 Å². The van der Waals surface area contributed by atoms with Crippen LogP contribution in [0.2, 0.25) is 0 Å². The number of unbranched alkanes of at least 4 members (excludes halogenated alkanes) is 8. The third kappa shape index (κ3) is 17.9. The van der Waals surface area contributed by atoms with Gasteiger partial charge in [0.2, 0.25) is 0 Å². The molecule has 0 aromatic carbocycles. The summed E-state index contributed by atoms with van der Waals surface area (Å²) in [6, 6.07) is 0. The van der Waals surface area contributed by atoms with Gasteiger partial charge in [-0.25, -0.2) is 0 Å². The molecule has 0 atom stereocenters. The van der Waals surface area contributed by atoms with Crippen LogP contribution >= 0.6 is 7.26 Å². The normalized spacial score (nSPS) is 13.7. The average molecular weight is 421 g/mol. The summed E-state index contributed by atoms with van der Waals surface area (Å²) in [5.74, 6) is 0. The van der Waals surface area contributed by atoms with Crippen LogP contribution < -0.4 is 0 Å². The second kappa shape index (κ2) is 22.1. The molecule has 0 aromatic rings. The van der Waals surface area contributed by atoms with E-state index in [4.69, 9.17) is 0 Å². The van der Waals surface area contributed by atoms with E-state index in [1.807, 2.05) is 0 Å². The average Bonchev–Trinajstić information content (AvgIpc) is 2.73. The number of allylic oxidation sites excluding steroid dienone is 8. The van der Waals surface area contributed by atoms with E-state index in [2.05, 4.69) is 76.3 Å². The summed E-state index contributed by atoms with van der Waals surface area (Å²) in [4.78, 5) is 0. The Morgan fingerprint density at radius 3 is 0.828 bits per heavy atom. The summed E-state index contributed by atoms with van der Waals surface area (Å²) in [7, 11) is -1.13. The standard InChI is InChI=1S/C28H53P/c1-5-9-13-17-21-25-29(26-22-18-14-10-6-2,27-23-19-15-11-7-3)28-24-20-16-12-8-4/h5-12,29H,13-28H2,1-4H3/b9-5+,10-6+,11-7+,12-8+. The van der Waals surface area contributed by atoms with E-state index >= 15 is 0 Å². The molecule has 0 fully saturated rings. The Morgan fingerprint density at radius 2 is 0.621 bits per heavy atom. The molecule has 0 aliphatic heterocycles. The van der Waals surface area contributed by atoms with Crippen molar-refractivity contribution in [1.29, 1.82) is 0 Å². The maximum atomic E-state index is 2.36. The molecule has 170 valence electrons. The van der Waals surface area contributed by atoms with Gasteiger partial charge >= 0.3 is 185 Å². The Bertz CT molecular complexity index is 356. The van der Waals surface area contributed by atoms with Gasteiger partial charge < -0.3 is 0 Å². The zero-order valence-electron chi connectivity index (χ0n) is 20.4. The molecule has 0 heterocycles. The molecular formula is C28H53P. The number of hydrogen-bond donors (Lipinski definition) is 0.